The van der Waals surface area contributed by atoms with E-state index in [1.807, 2.05) is 31.1 Å². The van der Waals surface area contributed by atoms with Gasteiger partial charge in [-0.2, -0.15) is 4.98 Å². The SMILES string of the molecule is CN(C)CC(N)c1noc(-c2ccc(Br)s2)n1. The largest absolute Gasteiger partial charge is 0.333 e. The van der Waals surface area contributed by atoms with Crippen LogP contribution in [-0.4, -0.2) is 35.7 Å². The molecule has 5 nitrogen and oxygen atoms in total. The molecule has 17 heavy (non-hydrogen) atoms. The van der Waals surface area contributed by atoms with E-state index in [4.69, 9.17) is 10.3 Å². The van der Waals surface area contributed by atoms with E-state index in [0.29, 0.717) is 18.3 Å². The summed E-state index contributed by atoms with van der Waals surface area (Å²) in [6.07, 6.45) is 0. The molecule has 1 atom stereocenters. The van der Waals surface area contributed by atoms with Crippen molar-refractivity contribution in [2.24, 2.45) is 5.73 Å². The highest BCUT2D eigenvalue weighted by Crippen LogP contribution is 2.30. The lowest BCUT2D eigenvalue weighted by Crippen LogP contribution is -2.26. The highest BCUT2D eigenvalue weighted by atomic mass is 79.9. The molecule has 0 saturated heterocycles. The molecule has 2 aromatic heterocycles. The molecule has 0 fully saturated rings. The van der Waals surface area contributed by atoms with Crippen LogP contribution in [0.1, 0.15) is 11.9 Å². The summed E-state index contributed by atoms with van der Waals surface area (Å²) in [4.78, 5) is 7.23. The zero-order chi connectivity index (χ0) is 12.4. The molecule has 0 saturated carbocycles. The summed E-state index contributed by atoms with van der Waals surface area (Å²) in [7, 11) is 3.91. The fraction of sp³-hybridized carbons (Fsp3) is 0.400. The van der Waals surface area contributed by atoms with Crippen LogP contribution in [0.4, 0.5) is 0 Å². The second kappa shape index (κ2) is 5.26. The number of aromatic nitrogens is 2. The van der Waals surface area contributed by atoms with Gasteiger partial charge in [0.25, 0.3) is 5.89 Å². The molecule has 7 heteroatoms. The zero-order valence-electron chi connectivity index (χ0n) is 9.55. The van der Waals surface area contributed by atoms with Gasteiger partial charge >= 0.3 is 0 Å². The fourth-order valence-corrected chi connectivity index (χ4v) is 2.70. The Morgan fingerprint density at radius 2 is 2.29 bits per heavy atom. The van der Waals surface area contributed by atoms with Gasteiger partial charge in [0, 0.05) is 6.54 Å². The van der Waals surface area contributed by atoms with Gasteiger partial charge in [0.2, 0.25) is 0 Å². The summed E-state index contributed by atoms with van der Waals surface area (Å²) in [5, 5.41) is 3.91. The van der Waals surface area contributed by atoms with E-state index in [-0.39, 0.29) is 6.04 Å². The lowest BCUT2D eigenvalue weighted by molar-refractivity contribution is 0.357. The maximum absolute atomic E-state index is 5.96. The lowest BCUT2D eigenvalue weighted by Gasteiger charge is -2.12. The first-order chi connectivity index (χ1) is 8.06. The Morgan fingerprint density at radius 1 is 1.53 bits per heavy atom. The summed E-state index contributed by atoms with van der Waals surface area (Å²) < 4.78 is 6.23. The number of nitrogens with zero attached hydrogens (tertiary/aromatic N) is 3. The third kappa shape index (κ3) is 3.12. The minimum Gasteiger partial charge on any atom is -0.333 e. The average molecular weight is 317 g/mol. The third-order valence-corrected chi connectivity index (χ3v) is 3.73. The van der Waals surface area contributed by atoms with Gasteiger partial charge in [-0.05, 0) is 42.2 Å². The quantitative estimate of drug-likeness (QED) is 0.935. The monoisotopic (exact) mass is 316 g/mol. The van der Waals surface area contributed by atoms with Crippen LogP contribution in [0, 0.1) is 0 Å². The Hall–Kier alpha value is -0.760. The third-order valence-electron chi connectivity index (χ3n) is 2.12. The molecule has 92 valence electrons. The van der Waals surface area contributed by atoms with E-state index < -0.39 is 0 Å². The van der Waals surface area contributed by atoms with Crippen LogP contribution in [0.15, 0.2) is 20.4 Å². The van der Waals surface area contributed by atoms with Gasteiger partial charge in [0.05, 0.1) is 14.7 Å². The second-order valence-corrected chi connectivity index (χ2v) is 6.39. The van der Waals surface area contributed by atoms with Crippen molar-refractivity contribution in [3.05, 3.63) is 21.7 Å². The van der Waals surface area contributed by atoms with E-state index in [9.17, 15) is 0 Å². The van der Waals surface area contributed by atoms with Crippen molar-refractivity contribution in [3.63, 3.8) is 0 Å². The summed E-state index contributed by atoms with van der Waals surface area (Å²) >= 11 is 4.94. The minimum absolute atomic E-state index is 0.231. The van der Waals surface area contributed by atoms with Crippen molar-refractivity contribution in [3.8, 4) is 10.8 Å². The molecule has 0 amide bonds. The van der Waals surface area contributed by atoms with Gasteiger partial charge in [0.15, 0.2) is 5.82 Å². The molecule has 2 N–H and O–H groups in total. The number of thiophene rings is 1. The summed E-state index contributed by atoms with van der Waals surface area (Å²) in [5.74, 6) is 1.06. The van der Waals surface area contributed by atoms with Crippen LogP contribution < -0.4 is 5.73 Å². The summed E-state index contributed by atoms with van der Waals surface area (Å²) in [5.41, 5.74) is 5.96. The lowest BCUT2D eigenvalue weighted by atomic mass is 10.3. The van der Waals surface area contributed by atoms with E-state index in [1.165, 1.54) is 0 Å². The molecular formula is C10H13BrN4OS. The highest BCUT2D eigenvalue weighted by Gasteiger charge is 2.16. The van der Waals surface area contributed by atoms with Crippen molar-refractivity contribution < 1.29 is 4.52 Å². The zero-order valence-corrected chi connectivity index (χ0v) is 12.0. The number of halogens is 1. The van der Waals surface area contributed by atoms with Gasteiger partial charge in [-0.1, -0.05) is 5.16 Å². The van der Waals surface area contributed by atoms with Crippen LogP contribution in [-0.2, 0) is 0 Å². The van der Waals surface area contributed by atoms with Gasteiger partial charge in [-0.15, -0.1) is 11.3 Å². The Balaban J connectivity index is 2.15. The van der Waals surface area contributed by atoms with Crippen molar-refractivity contribution >= 4 is 27.3 Å². The predicted molar refractivity (Wildman–Crippen MR) is 70.8 cm³/mol. The molecule has 0 aliphatic heterocycles. The molecule has 0 bridgehead atoms. The Bertz CT molecular complexity index is 496. The van der Waals surface area contributed by atoms with Crippen LogP contribution >= 0.6 is 27.3 Å². The normalized spacial score (nSPS) is 13.2. The van der Waals surface area contributed by atoms with Crippen molar-refractivity contribution in [1.29, 1.82) is 0 Å². The second-order valence-electron chi connectivity index (χ2n) is 3.93. The van der Waals surface area contributed by atoms with Crippen LogP contribution in [0.3, 0.4) is 0 Å². The fourth-order valence-electron chi connectivity index (χ4n) is 1.39. The number of hydrogen-bond donors (Lipinski definition) is 1. The van der Waals surface area contributed by atoms with Gasteiger partial charge < -0.3 is 15.2 Å². The molecule has 2 aromatic rings. The molecule has 2 rings (SSSR count). The standard InChI is InChI=1S/C10H13BrN4OS/c1-15(2)5-6(12)9-13-10(16-14-9)7-3-4-8(11)17-7/h3-4,6H,5,12H2,1-2H3. The highest BCUT2D eigenvalue weighted by molar-refractivity contribution is 9.11. The van der Waals surface area contributed by atoms with Gasteiger partial charge in [-0.3, -0.25) is 0 Å². The van der Waals surface area contributed by atoms with E-state index in [2.05, 4.69) is 26.1 Å². The van der Waals surface area contributed by atoms with Crippen LogP contribution in [0.5, 0.6) is 0 Å². The number of hydrogen-bond acceptors (Lipinski definition) is 6. The minimum atomic E-state index is -0.231. The Labute approximate surface area is 112 Å². The first-order valence-corrected chi connectivity index (χ1v) is 6.67. The Kier molecular flexibility index (Phi) is 3.93. The van der Waals surface area contributed by atoms with E-state index in [0.717, 1.165) is 8.66 Å². The summed E-state index contributed by atoms with van der Waals surface area (Å²) in [6.45, 7) is 0.688. The van der Waals surface area contributed by atoms with Gasteiger partial charge in [0.1, 0.15) is 0 Å². The van der Waals surface area contributed by atoms with Crippen LogP contribution in [0.2, 0.25) is 0 Å². The molecule has 2 heterocycles. The number of likely N-dealkylation sites (N-methyl/N-ethyl adjacent to an activating group) is 1. The maximum Gasteiger partial charge on any atom is 0.268 e. The van der Waals surface area contributed by atoms with E-state index in [1.54, 1.807) is 11.3 Å². The molecule has 0 aromatic carbocycles. The molecule has 0 radical (unpaired) electrons. The predicted octanol–water partition coefficient (Wildman–Crippen LogP) is 2.12. The average Bonchev–Trinajstić information content (AvgIpc) is 2.84. The van der Waals surface area contributed by atoms with Crippen molar-refractivity contribution in [2.75, 3.05) is 20.6 Å². The van der Waals surface area contributed by atoms with Crippen molar-refractivity contribution in [1.82, 2.24) is 15.0 Å². The molecular weight excluding hydrogens is 304 g/mol. The topological polar surface area (TPSA) is 68.2 Å². The Morgan fingerprint density at radius 3 is 2.88 bits per heavy atom. The molecule has 1 unspecified atom stereocenters. The van der Waals surface area contributed by atoms with Crippen molar-refractivity contribution in [2.45, 2.75) is 6.04 Å². The van der Waals surface area contributed by atoms with Gasteiger partial charge in [-0.25, -0.2) is 0 Å². The molecule has 0 aliphatic rings. The number of rotatable bonds is 4. The molecule has 0 spiro atoms. The first kappa shape index (κ1) is 12.7. The molecule has 0 aliphatic carbocycles. The van der Waals surface area contributed by atoms with E-state index >= 15 is 0 Å². The van der Waals surface area contributed by atoms with Crippen LogP contribution in [0.25, 0.3) is 10.8 Å². The number of nitrogens with two attached hydrogens (primary N) is 1. The maximum atomic E-state index is 5.96. The first-order valence-electron chi connectivity index (χ1n) is 5.06. The summed E-state index contributed by atoms with van der Waals surface area (Å²) in [6, 6.07) is 3.65. The smallest absolute Gasteiger partial charge is 0.268 e.